The lowest BCUT2D eigenvalue weighted by Crippen LogP contribution is -2.50. The molecule has 1 saturated heterocycles. The summed E-state index contributed by atoms with van der Waals surface area (Å²) in [4.78, 5) is 13.4. The van der Waals surface area contributed by atoms with Gasteiger partial charge in [-0.2, -0.15) is 17.5 Å². The summed E-state index contributed by atoms with van der Waals surface area (Å²) in [5, 5.41) is 2.90. The number of rotatable bonds is 5. The van der Waals surface area contributed by atoms with Gasteiger partial charge in [-0.1, -0.05) is 29.3 Å². The third-order valence-corrected chi connectivity index (χ3v) is 7.30. The van der Waals surface area contributed by atoms with Gasteiger partial charge in [-0.05, 0) is 36.4 Å². The van der Waals surface area contributed by atoms with Crippen LogP contribution < -0.4 is 5.32 Å². The molecule has 2 aromatic carbocycles. The van der Waals surface area contributed by atoms with E-state index in [0.717, 1.165) is 16.4 Å². The van der Waals surface area contributed by atoms with Crippen LogP contribution in [0.3, 0.4) is 0 Å². The fraction of sp³-hybridized carbons (Fsp3) is 0.316. The Labute approximate surface area is 187 Å². The summed E-state index contributed by atoms with van der Waals surface area (Å²) < 4.78 is 65.7. The van der Waals surface area contributed by atoms with E-state index in [9.17, 15) is 26.4 Å². The van der Waals surface area contributed by atoms with Gasteiger partial charge < -0.3 is 5.32 Å². The van der Waals surface area contributed by atoms with Crippen molar-refractivity contribution in [3.63, 3.8) is 0 Å². The molecular formula is C19H18Cl2F3N3O3S. The highest BCUT2D eigenvalue weighted by atomic mass is 35.5. The Morgan fingerprint density at radius 2 is 1.71 bits per heavy atom. The molecule has 1 heterocycles. The van der Waals surface area contributed by atoms with Crippen LogP contribution in [0.4, 0.5) is 18.9 Å². The maximum absolute atomic E-state index is 13.0. The largest absolute Gasteiger partial charge is 0.416 e. The molecule has 1 amide bonds. The van der Waals surface area contributed by atoms with Gasteiger partial charge in [0, 0.05) is 36.9 Å². The second kappa shape index (κ2) is 9.33. The highest BCUT2D eigenvalue weighted by molar-refractivity contribution is 7.89. The highest BCUT2D eigenvalue weighted by Crippen LogP contribution is 2.34. The van der Waals surface area contributed by atoms with Gasteiger partial charge in [-0.15, -0.1) is 0 Å². The molecule has 0 bridgehead atoms. The number of amides is 1. The van der Waals surface area contributed by atoms with Crippen molar-refractivity contribution in [1.82, 2.24) is 9.21 Å². The van der Waals surface area contributed by atoms with Crippen LogP contribution in [0.2, 0.25) is 10.0 Å². The number of hydrogen-bond donors (Lipinski definition) is 1. The second-order valence-corrected chi connectivity index (χ2v) is 9.63. The normalized spacial score (nSPS) is 16.3. The van der Waals surface area contributed by atoms with Crippen molar-refractivity contribution in [3.8, 4) is 0 Å². The molecular weight excluding hydrogens is 478 g/mol. The summed E-state index contributed by atoms with van der Waals surface area (Å²) in [6.07, 6.45) is -4.69. The average Bonchev–Trinajstić information content (AvgIpc) is 2.67. The monoisotopic (exact) mass is 495 g/mol. The van der Waals surface area contributed by atoms with Gasteiger partial charge in [0.05, 0.1) is 17.1 Å². The zero-order valence-electron chi connectivity index (χ0n) is 16.0. The number of carbonyl (C=O) groups excluding carboxylic acids is 1. The summed E-state index contributed by atoms with van der Waals surface area (Å²) >= 11 is 11.8. The van der Waals surface area contributed by atoms with Crippen LogP contribution in [0.5, 0.6) is 0 Å². The number of hydrogen-bond acceptors (Lipinski definition) is 4. The standard InChI is InChI=1S/C19H18Cl2F3N3O3S/c20-14-2-1-3-15(11-14)25-18(28)12-26-6-8-27(9-7-26)31(29,30)17-10-13(19(22,23)24)4-5-16(17)21/h1-5,10-11H,6-9,12H2,(H,25,28). The third-order valence-electron chi connectivity index (χ3n) is 4.68. The number of nitrogens with one attached hydrogen (secondary N) is 1. The Morgan fingerprint density at radius 1 is 1.03 bits per heavy atom. The minimum absolute atomic E-state index is 0.0132. The molecule has 31 heavy (non-hydrogen) atoms. The molecule has 12 heteroatoms. The van der Waals surface area contributed by atoms with Crippen LogP contribution in [0, 0.1) is 0 Å². The Balaban J connectivity index is 1.63. The predicted octanol–water partition coefficient (Wildman–Crippen LogP) is 3.96. The number of alkyl halides is 3. The number of carbonyl (C=O) groups is 1. The van der Waals surface area contributed by atoms with Gasteiger partial charge in [-0.25, -0.2) is 8.42 Å². The van der Waals surface area contributed by atoms with E-state index in [1.165, 1.54) is 0 Å². The molecule has 3 rings (SSSR count). The van der Waals surface area contributed by atoms with Crippen molar-refractivity contribution in [2.45, 2.75) is 11.1 Å². The lowest BCUT2D eigenvalue weighted by molar-refractivity contribution is -0.137. The molecule has 168 valence electrons. The smallest absolute Gasteiger partial charge is 0.325 e. The van der Waals surface area contributed by atoms with Crippen LogP contribution in [0.1, 0.15) is 5.56 Å². The molecule has 0 atom stereocenters. The fourth-order valence-corrected chi connectivity index (χ4v) is 5.23. The number of piperazine rings is 1. The summed E-state index contributed by atoms with van der Waals surface area (Å²) in [5.41, 5.74) is -0.551. The first-order chi connectivity index (χ1) is 14.5. The molecule has 0 unspecified atom stereocenters. The van der Waals surface area contributed by atoms with E-state index in [-0.39, 0.29) is 43.7 Å². The molecule has 1 aliphatic rings. The van der Waals surface area contributed by atoms with Crippen LogP contribution in [-0.4, -0.2) is 56.3 Å². The van der Waals surface area contributed by atoms with E-state index in [4.69, 9.17) is 23.2 Å². The van der Waals surface area contributed by atoms with E-state index in [1.54, 1.807) is 29.2 Å². The fourth-order valence-electron chi connectivity index (χ4n) is 3.11. The van der Waals surface area contributed by atoms with E-state index in [1.807, 2.05) is 0 Å². The molecule has 1 fully saturated rings. The first-order valence-electron chi connectivity index (χ1n) is 9.11. The van der Waals surface area contributed by atoms with E-state index >= 15 is 0 Å². The van der Waals surface area contributed by atoms with Crippen LogP contribution in [-0.2, 0) is 21.0 Å². The van der Waals surface area contributed by atoms with Gasteiger partial charge in [-0.3, -0.25) is 9.69 Å². The van der Waals surface area contributed by atoms with Crippen molar-refractivity contribution in [1.29, 1.82) is 0 Å². The number of benzene rings is 2. The predicted molar refractivity (Wildman–Crippen MR) is 112 cm³/mol. The van der Waals surface area contributed by atoms with Crippen LogP contribution in [0.15, 0.2) is 47.4 Å². The molecule has 0 aliphatic carbocycles. The molecule has 0 radical (unpaired) electrons. The van der Waals surface area contributed by atoms with Crippen molar-refractivity contribution >= 4 is 44.8 Å². The maximum atomic E-state index is 13.0. The molecule has 0 aromatic heterocycles. The molecule has 1 N–H and O–H groups in total. The van der Waals surface area contributed by atoms with Gasteiger partial charge >= 0.3 is 6.18 Å². The summed E-state index contributed by atoms with van der Waals surface area (Å²) in [6.45, 7) is 0.529. The summed E-state index contributed by atoms with van der Waals surface area (Å²) in [5.74, 6) is -0.292. The quantitative estimate of drug-likeness (QED) is 0.681. The number of sulfonamides is 1. The van der Waals surface area contributed by atoms with Gasteiger partial charge in [0.25, 0.3) is 0 Å². The molecule has 1 aliphatic heterocycles. The topological polar surface area (TPSA) is 69.7 Å². The highest BCUT2D eigenvalue weighted by Gasteiger charge is 2.35. The molecule has 0 saturated carbocycles. The maximum Gasteiger partial charge on any atom is 0.416 e. The molecule has 6 nitrogen and oxygen atoms in total. The molecule has 0 spiro atoms. The SMILES string of the molecule is O=C(CN1CCN(S(=O)(=O)c2cc(C(F)(F)F)ccc2Cl)CC1)Nc1cccc(Cl)c1. The van der Waals surface area contributed by atoms with Gasteiger partial charge in [0.1, 0.15) is 4.90 Å². The summed E-state index contributed by atoms with van der Waals surface area (Å²) in [7, 11) is -4.22. The van der Waals surface area contributed by atoms with Crippen molar-refractivity contribution in [2.75, 3.05) is 38.0 Å². The minimum Gasteiger partial charge on any atom is -0.325 e. The Morgan fingerprint density at radius 3 is 2.32 bits per heavy atom. The van der Waals surface area contributed by atoms with Crippen molar-refractivity contribution in [2.24, 2.45) is 0 Å². The van der Waals surface area contributed by atoms with Crippen LogP contribution >= 0.6 is 23.2 Å². The van der Waals surface area contributed by atoms with Gasteiger partial charge in [0.15, 0.2) is 0 Å². The average molecular weight is 496 g/mol. The minimum atomic E-state index is -4.69. The van der Waals surface area contributed by atoms with Gasteiger partial charge in [0.2, 0.25) is 15.9 Å². The Bertz CT molecular complexity index is 1070. The van der Waals surface area contributed by atoms with Crippen molar-refractivity contribution in [3.05, 3.63) is 58.1 Å². The second-order valence-electron chi connectivity index (χ2n) is 6.88. The molecule has 2 aromatic rings. The first-order valence-corrected chi connectivity index (χ1v) is 11.3. The van der Waals surface area contributed by atoms with Crippen molar-refractivity contribution < 1.29 is 26.4 Å². The van der Waals surface area contributed by atoms with E-state index in [0.29, 0.717) is 16.8 Å². The number of anilines is 1. The Kier molecular flexibility index (Phi) is 7.17. The first kappa shape index (κ1) is 23.8. The van der Waals surface area contributed by atoms with Crippen LogP contribution in [0.25, 0.3) is 0 Å². The third kappa shape index (κ3) is 5.89. The Hall–Kier alpha value is -1.85. The summed E-state index contributed by atoms with van der Waals surface area (Å²) in [6, 6.07) is 8.86. The van der Waals surface area contributed by atoms with E-state index in [2.05, 4.69) is 5.32 Å². The number of halogens is 5. The lowest BCUT2D eigenvalue weighted by Gasteiger charge is -2.33. The zero-order valence-corrected chi connectivity index (χ0v) is 18.3. The lowest BCUT2D eigenvalue weighted by atomic mass is 10.2. The number of nitrogens with zero attached hydrogens (tertiary/aromatic N) is 2. The zero-order chi connectivity index (χ0) is 22.8. The van der Waals surface area contributed by atoms with E-state index < -0.39 is 26.7 Å².